The molecule has 0 radical (unpaired) electrons. The molecule has 9 heteroatoms. The van der Waals surface area contributed by atoms with Crippen LogP contribution < -0.4 is 10.6 Å². The molecule has 4 rings (SSSR count). The molecule has 1 aromatic carbocycles. The lowest BCUT2D eigenvalue weighted by molar-refractivity contribution is -0.137. The highest BCUT2D eigenvalue weighted by Gasteiger charge is 2.38. The minimum absolute atomic E-state index is 0.227. The number of H-pyrrole nitrogens is 1. The topological polar surface area (TPSA) is 101 Å². The van der Waals surface area contributed by atoms with E-state index in [9.17, 15) is 19.1 Å². The summed E-state index contributed by atoms with van der Waals surface area (Å²) in [4.78, 5) is 33.0. The van der Waals surface area contributed by atoms with Crippen molar-refractivity contribution < 1.29 is 19.1 Å². The zero-order valence-corrected chi connectivity index (χ0v) is 21.6. The Labute approximate surface area is 212 Å². The second-order valence-corrected chi connectivity index (χ2v) is 10.5. The first kappa shape index (κ1) is 26.6. The fourth-order valence-electron chi connectivity index (χ4n) is 5.82. The van der Waals surface area contributed by atoms with Crippen LogP contribution in [0.4, 0.5) is 4.39 Å². The highest BCUT2D eigenvalue weighted by Crippen LogP contribution is 2.33. The Kier molecular flexibility index (Phi) is 8.64. The van der Waals surface area contributed by atoms with Gasteiger partial charge in [-0.25, -0.2) is 4.39 Å². The number of aromatic nitrogens is 1. The van der Waals surface area contributed by atoms with Crippen LogP contribution in [0.2, 0.25) is 0 Å². The lowest BCUT2D eigenvalue weighted by Crippen LogP contribution is -2.54. The number of benzene rings is 1. The molecule has 1 saturated carbocycles. The molecule has 0 bridgehead atoms. The summed E-state index contributed by atoms with van der Waals surface area (Å²) in [5, 5.41) is 16.4. The number of likely N-dealkylation sites (N-methyl/N-ethyl adjacent to an activating group) is 1. The Hall–Kier alpha value is -2.49. The Morgan fingerprint density at radius 1 is 1.22 bits per heavy atom. The number of hydrogen-bond donors (Lipinski definition) is 4. The van der Waals surface area contributed by atoms with Gasteiger partial charge in [0.05, 0.1) is 12.6 Å². The number of halogens is 1. The smallest absolute Gasteiger partial charge is 0.247 e. The van der Waals surface area contributed by atoms with Gasteiger partial charge in [0.15, 0.2) is 0 Å². The third kappa shape index (κ3) is 5.74. The van der Waals surface area contributed by atoms with Crippen LogP contribution >= 0.6 is 0 Å². The van der Waals surface area contributed by atoms with E-state index in [0.717, 1.165) is 36.7 Å². The van der Waals surface area contributed by atoms with E-state index in [1.165, 1.54) is 30.5 Å². The molecular weight excluding hydrogens is 461 g/mol. The predicted octanol–water partition coefficient (Wildman–Crippen LogP) is 2.34. The van der Waals surface area contributed by atoms with E-state index in [4.69, 9.17) is 0 Å². The molecule has 1 aromatic heterocycles. The number of amides is 2. The summed E-state index contributed by atoms with van der Waals surface area (Å²) in [7, 11) is 1.68. The summed E-state index contributed by atoms with van der Waals surface area (Å²) in [6.45, 7) is 5.57. The van der Waals surface area contributed by atoms with Crippen LogP contribution in [-0.4, -0.2) is 89.2 Å². The van der Waals surface area contributed by atoms with E-state index in [1.54, 1.807) is 18.9 Å². The average Bonchev–Trinajstić information content (AvgIpc) is 3.65. The molecule has 0 spiro atoms. The number of nitrogens with zero attached hydrogens (tertiary/aromatic N) is 2. The maximum absolute atomic E-state index is 13.7. The van der Waals surface area contributed by atoms with Crippen molar-refractivity contribution in [3.05, 3.63) is 35.8 Å². The lowest BCUT2D eigenvalue weighted by atomic mass is 9.97. The molecule has 8 nitrogen and oxygen atoms in total. The van der Waals surface area contributed by atoms with Gasteiger partial charge in [0.25, 0.3) is 0 Å². The second kappa shape index (κ2) is 11.7. The molecule has 2 fully saturated rings. The number of hydrogen-bond acceptors (Lipinski definition) is 5. The Morgan fingerprint density at radius 2 is 1.97 bits per heavy atom. The minimum Gasteiger partial charge on any atom is -0.394 e. The fraction of sp³-hybridized carbons (Fsp3) is 0.630. The van der Waals surface area contributed by atoms with Gasteiger partial charge in [-0.15, -0.1) is 0 Å². The summed E-state index contributed by atoms with van der Waals surface area (Å²) in [6.07, 6.45) is 7.62. The Bertz CT molecular complexity index is 1050. The number of fused-ring (bicyclic) bond motifs is 1. The van der Waals surface area contributed by atoms with Gasteiger partial charge in [0.1, 0.15) is 11.9 Å². The van der Waals surface area contributed by atoms with Gasteiger partial charge in [-0.2, -0.15) is 0 Å². The van der Waals surface area contributed by atoms with Crippen LogP contribution in [0, 0.1) is 5.82 Å². The average molecular weight is 502 g/mol. The van der Waals surface area contributed by atoms with Gasteiger partial charge < -0.3 is 25.6 Å². The number of aliphatic hydroxyl groups is 1. The van der Waals surface area contributed by atoms with Crippen molar-refractivity contribution >= 4 is 22.7 Å². The summed E-state index contributed by atoms with van der Waals surface area (Å²) in [6, 6.07) is 4.23. The summed E-state index contributed by atoms with van der Waals surface area (Å²) < 4.78 is 13.7. The molecule has 2 heterocycles. The van der Waals surface area contributed by atoms with E-state index < -0.39 is 18.7 Å². The monoisotopic (exact) mass is 501 g/mol. The molecule has 2 aliphatic rings. The van der Waals surface area contributed by atoms with Gasteiger partial charge in [-0.05, 0) is 62.9 Å². The predicted molar refractivity (Wildman–Crippen MR) is 138 cm³/mol. The Morgan fingerprint density at radius 3 is 2.67 bits per heavy atom. The number of aliphatic hydroxyl groups excluding tert-OH is 1. The van der Waals surface area contributed by atoms with Crippen molar-refractivity contribution in [1.82, 2.24) is 25.4 Å². The zero-order chi connectivity index (χ0) is 25.8. The highest BCUT2D eigenvalue weighted by atomic mass is 19.1. The number of carbonyl (C=O) groups is 2. The molecule has 198 valence electrons. The van der Waals surface area contributed by atoms with Crippen LogP contribution in [0.5, 0.6) is 0 Å². The number of carbonyl (C=O) groups excluding carboxylic acids is 2. The van der Waals surface area contributed by atoms with Crippen molar-refractivity contribution in [3.8, 4) is 0 Å². The SMILES string of the molecule is CN[C@@H](C)C(=O)N[C@@H](CO)C(=O)N1CC[C@@H](N(C[C@@H](C)c2c[nH]c3cc(F)ccc23)C2CCCC2)C1. The van der Waals surface area contributed by atoms with Gasteiger partial charge in [-0.1, -0.05) is 19.8 Å². The quantitative estimate of drug-likeness (QED) is 0.401. The normalized spacial score (nSPS) is 21.3. The van der Waals surface area contributed by atoms with Crippen molar-refractivity contribution in [1.29, 1.82) is 0 Å². The van der Waals surface area contributed by atoms with Crippen LogP contribution in [0.25, 0.3) is 10.9 Å². The number of rotatable bonds is 10. The van der Waals surface area contributed by atoms with Gasteiger partial charge in [-0.3, -0.25) is 14.5 Å². The van der Waals surface area contributed by atoms with E-state index in [2.05, 4.69) is 27.4 Å². The number of likely N-dealkylation sites (tertiary alicyclic amines) is 1. The first-order valence-electron chi connectivity index (χ1n) is 13.2. The van der Waals surface area contributed by atoms with Crippen LogP contribution in [0.3, 0.4) is 0 Å². The zero-order valence-electron chi connectivity index (χ0n) is 21.6. The van der Waals surface area contributed by atoms with Gasteiger partial charge >= 0.3 is 0 Å². The molecule has 36 heavy (non-hydrogen) atoms. The molecular formula is C27H40FN5O3. The molecule has 1 saturated heterocycles. The van der Waals surface area contributed by atoms with E-state index in [0.29, 0.717) is 19.1 Å². The van der Waals surface area contributed by atoms with E-state index in [-0.39, 0.29) is 29.6 Å². The summed E-state index contributed by atoms with van der Waals surface area (Å²) in [5.41, 5.74) is 1.99. The molecule has 1 aliphatic heterocycles. The van der Waals surface area contributed by atoms with Crippen LogP contribution in [-0.2, 0) is 9.59 Å². The first-order valence-corrected chi connectivity index (χ1v) is 13.2. The van der Waals surface area contributed by atoms with E-state index in [1.807, 2.05) is 12.3 Å². The standard InChI is InChI=1S/C27H40FN5O3/c1-17(23-13-30-24-12-19(28)8-9-22(23)24)14-33(20-6-4-5-7-20)21-10-11-32(15-21)27(36)25(16-34)31-26(35)18(2)29-3/h8-9,12-13,17-18,20-21,25,29-30,34H,4-7,10-11,14-16H2,1-3H3,(H,31,35)/t17-,18+,21-,25+/m1/s1. The third-order valence-corrected chi connectivity index (χ3v) is 8.05. The number of nitrogens with one attached hydrogen (secondary N) is 3. The minimum atomic E-state index is -0.933. The second-order valence-electron chi connectivity index (χ2n) is 10.5. The van der Waals surface area contributed by atoms with Crippen molar-refractivity contribution in [2.24, 2.45) is 0 Å². The van der Waals surface area contributed by atoms with Gasteiger partial charge in [0, 0.05) is 48.8 Å². The highest BCUT2D eigenvalue weighted by molar-refractivity contribution is 5.90. The van der Waals surface area contributed by atoms with E-state index >= 15 is 0 Å². The molecule has 4 atom stereocenters. The molecule has 4 N–H and O–H groups in total. The maximum atomic E-state index is 13.7. The molecule has 2 amide bonds. The van der Waals surface area contributed by atoms with Gasteiger partial charge in [0.2, 0.25) is 11.8 Å². The van der Waals surface area contributed by atoms with Crippen LogP contribution in [0.15, 0.2) is 24.4 Å². The lowest BCUT2D eigenvalue weighted by Gasteiger charge is -2.36. The fourth-order valence-corrected chi connectivity index (χ4v) is 5.82. The summed E-state index contributed by atoms with van der Waals surface area (Å²) in [5.74, 6) is -0.540. The first-order chi connectivity index (χ1) is 17.3. The maximum Gasteiger partial charge on any atom is 0.247 e. The molecule has 0 unspecified atom stereocenters. The molecule has 2 aromatic rings. The largest absolute Gasteiger partial charge is 0.394 e. The van der Waals surface area contributed by atoms with Crippen molar-refractivity contribution in [3.63, 3.8) is 0 Å². The summed E-state index contributed by atoms with van der Waals surface area (Å²) >= 11 is 0. The molecule has 1 aliphatic carbocycles. The Balaban J connectivity index is 1.45. The van der Waals surface area contributed by atoms with Crippen LogP contribution in [0.1, 0.15) is 57.4 Å². The van der Waals surface area contributed by atoms with Crippen molar-refractivity contribution in [2.45, 2.75) is 76.0 Å². The number of aromatic amines is 1. The third-order valence-electron chi connectivity index (χ3n) is 8.05. The van der Waals surface area contributed by atoms with Crippen molar-refractivity contribution in [2.75, 3.05) is 33.3 Å².